The zero-order valence-corrected chi connectivity index (χ0v) is 15.9. The summed E-state index contributed by atoms with van der Waals surface area (Å²) in [4.78, 5) is 14.3. The van der Waals surface area contributed by atoms with Gasteiger partial charge in [-0.2, -0.15) is 5.26 Å². The molecule has 2 rings (SSSR count). The number of benzene rings is 1. The van der Waals surface area contributed by atoms with Gasteiger partial charge in [-0.05, 0) is 55.0 Å². The molecule has 1 amide bonds. The quantitative estimate of drug-likeness (QED) is 0.687. The van der Waals surface area contributed by atoms with Crippen LogP contribution in [0.25, 0.3) is 0 Å². The molecular formula is C16H19ClN6OS. The predicted molar refractivity (Wildman–Crippen MR) is 97.7 cm³/mol. The lowest BCUT2D eigenvalue weighted by Gasteiger charge is -2.22. The van der Waals surface area contributed by atoms with Crippen LogP contribution in [0.4, 0.5) is 5.69 Å². The Kier molecular flexibility index (Phi) is 6.79. The molecule has 0 fully saturated rings. The lowest BCUT2D eigenvalue weighted by molar-refractivity contribution is -0.116. The van der Waals surface area contributed by atoms with E-state index in [1.807, 2.05) is 26.8 Å². The van der Waals surface area contributed by atoms with E-state index in [0.29, 0.717) is 16.7 Å². The third-order valence-corrected chi connectivity index (χ3v) is 4.82. The van der Waals surface area contributed by atoms with Crippen LogP contribution in [0.3, 0.4) is 0 Å². The number of amides is 1. The summed E-state index contributed by atoms with van der Waals surface area (Å²) in [6.07, 6.45) is 0.252. The van der Waals surface area contributed by atoms with Crippen molar-refractivity contribution in [3.8, 4) is 6.07 Å². The first kappa shape index (κ1) is 19.2. The average Bonchev–Trinajstić information content (AvgIpc) is 3.05. The molecule has 9 heteroatoms. The second-order valence-electron chi connectivity index (χ2n) is 5.68. The Labute approximate surface area is 155 Å². The molecule has 0 saturated carbocycles. The number of halogens is 1. The van der Waals surface area contributed by atoms with Gasteiger partial charge in [0.2, 0.25) is 11.1 Å². The van der Waals surface area contributed by atoms with Crippen molar-refractivity contribution < 1.29 is 4.79 Å². The number of anilines is 1. The van der Waals surface area contributed by atoms with E-state index in [-0.39, 0.29) is 24.1 Å². The summed E-state index contributed by atoms with van der Waals surface area (Å²) >= 11 is 7.34. The number of aromatic nitrogens is 4. The molecule has 0 aliphatic rings. The molecule has 0 radical (unpaired) electrons. The van der Waals surface area contributed by atoms with Gasteiger partial charge >= 0.3 is 0 Å². The van der Waals surface area contributed by atoms with Crippen molar-refractivity contribution in [1.29, 1.82) is 5.26 Å². The molecule has 0 N–H and O–H groups in total. The first-order valence-corrected chi connectivity index (χ1v) is 9.14. The van der Waals surface area contributed by atoms with Crippen molar-refractivity contribution in [2.45, 2.75) is 38.4 Å². The molecule has 1 heterocycles. The standard InChI is InChI=1S/C16H19ClN6OS/c1-11(2)23-16(19-20-21-23)25-10-15(24)22(8-4-7-18)13-5-6-14(17)12(3)9-13/h5-6,9,11H,4,8,10H2,1-3H3. The number of carbonyl (C=O) groups is 1. The fourth-order valence-electron chi connectivity index (χ4n) is 2.17. The van der Waals surface area contributed by atoms with Crippen LogP contribution in [-0.4, -0.2) is 38.4 Å². The fraction of sp³-hybridized carbons (Fsp3) is 0.438. The first-order valence-electron chi connectivity index (χ1n) is 7.78. The molecule has 0 spiro atoms. The molecular weight excluding hydrogens is 360 g/mol. The predicted octanol–water partition coefficient (Wildman–Crippen LogP) is 3.25. The van der Waals surface area contributed by atoms with Crippen molar-refractivity contribution in [2.24, 2.45) is 0 Å². The molecule has 0 unspecified atom stereocenters. The van der Waals surface area contributed by atoms with Gasteiger partial charge in [0.25, 0.3) is 0 Å². The SMILES string of the molecule is Cc1cc(N(CCC#N)C(=O)CSc2nnnn2C(C)C)ccc1Cl. The Morgan fingerprint density at radius 1 is 1.48 bits per heavy atom. The topological polar surface area (TPSA) is 87.7 Å². The summed E-state index contributed by atoms with van der Waals surface area (Å²) in [7, 11) is 0. The van der Waals surface area contributed by atoms with E-state index >= 15 is 0 Å². The van der Waals surface area contributed by atoms with Crippen molar-refractivity contribution in [3.05, 3.63) is 28.8 Å². The highest BCUT2D eigenvalue weighted by atomic mass is 35.5. The molecule has 1 aromatic carbocycles. The lowest BCUT2D eigenvalue weighted by Crippen LogP contribution is -2.33. The largest absolute Gasteiger partial charge is 0.311 e. The van der Waals surface area contributed by atoms with Crippen LogP contribution in [0.15, 0.2) is 23.4 Å². The summed E-state index contributed by atoms with van der Waals surface area (Å²) in [5, 5.41) is 21.6. The number of rotatable bonds is 7. The maximum absolute atomic E-state index is 12.7. The molecule has 2 aromatic rings. The maximum atomic E-state index is 12.7. The lowest BCUT2D eigenvalue weighted by atomic mass is 10.2. The average molecular weight is 379 g/mol. The Bertz CT molecular complexity index is 785. The van der Waals surface area contributed by atoms with Crippen LogP contribution in [0.2, 0.25) is 5.02 Å². The van der Waals surface area contributed by atoms with E-state index in [4.69, 9.17) is 16.9 Å². The number of nitrogens with zero attached hydrogens (tertiary/aromatic N) is 6. The number of nitriles is 1. The van der Waals surface area contributed by atoms with Crippen LogP contribution >= 0.6 is 23.4 Å². The number of hydrogen-bond acceptors (Lipinski definition) is 6. The van der Waals surface area contributed by atoms with E-state index in [1.54, 1.807) is 21.7 Å². The van der Waals surface area contributed by atoms with Gasteiger partial charge in [0.1, 0.15) is 0 Å². The van der Waals surface area contributed by atoms with Crippen molar-refractivity contribution >= 4 is 35.0 Å². The minimum Gasteiger partial charge on any atom is -0.311 e. The summed E-state index contributed by atoms with van der Waals surface area (Å²) in [6.45, 7) is 6.15. The zero-order chi connectivity index (χ0) is 18.4. The minimum atomic E-state index is -0.111. The molecule has 25 heavy (non-hydrogen) atoms. The molecule has 132 valence electrons. The third-order valence-electron chi connectivity index (χ3n) is 3.48. The van der Waals surface area contributed by atoms with Crippen LogP contribution in [0, 0.1) is 18.3 Å². The molecule has 0 aliphatic carbocycles. The van der Waals surface area contributed by atoms with E-state index in [0.717, 1.165) is 11.3 Å². The normalized spacial score (nSPS) is 10.7. The number of aryl methyl sites for hydroxylation is 1. The highest BCUT2D eigenvalue weighted by Crippen LogP contribution is 2.24. The minimum absolute atomic E-state index is 0.111. The van der Waals surface area contributed by atoms with Crippen molar-refractivity contribution in [2.75, 3.05) is 17.2 Å². The second-order valence-corrected chi connectivity index (χ2v) is 7.03. The van der Waals surface area contributed by atoms with Crippen molar-refractivity contribution in [1.82, 2.24) is 20.2 Å². The fourth-order valence-corrected chi connectivity index (χ4v) is 3.16. The Morgan fingerprint density at radius 2 is 2.24 bits per heavy atom. The summed E-state index contributed by atoms with van der Waals surface area (Å²) in [5.41, 5.74) is 1.61. The third kappa shape index (κ3) is 4.94. The van der Waals surface area contributed by atoms with Gasteiger partial charge in [-0.3, -0.25) is 4.79 Å². The first-order chi connectivity index (χ1) is 11.9. The van der Waals surface area contributed by atoms with E-state index in [9.17, 15) is 4.79 Å². The monoisotopic (exact) mass is 378 g/mol. The highest BCUT2D eigenvalue weighted by Gasteiger charge is 2.19. The van der Waals surface area contributed by atoms with Crippen LogP contribution in [0.1, 0.15) is 31.9 Å². The van der Waals surface area contributed by atoms with Gasteiger partial charge in [0.15, 0.2) is 0 Å². The number of thioether (sulfide) groups is 1. The van der Waals surface area contributed by atoms with E-state index in [1.165, 1.54) is 11.8 Å². The Hall–Kier alpha value is -2.11. The Morgan fingerprint density at radius 3 is 2.88 bits per heavy atom. The maximum Gasteiger partial charge on any atom is 0.237 e. The molecule has 0 saturated heterocycles. The molecule has 0 bridgehead atoms. The second kappa shape index (κ2) is 8.83. The zero-order valence-electron chi connectivity index (χ0n) is 14.3. The van der Waals surface area contributed by atoms with Gasteiger partial charge in [0.05, 0.1) is 24.3 Å². The summed E-state index contributed by atoms with van der Waals surface area (Å²) in [6, 6.07) is 7.58. The molecule has 0 aliphatic heterocycles. The molecule has 7 nitrogen and oxygen atoms in total. The van der Waals surface area contributed by atoms with Crippen LogP contribution < -0.4 is 4.90 Å². The number of carbonyl (C=O) groups excluding carboxylic acids is 1. The highest BCUT2D eigenvalue weighted by molar-refractivity contribution is 7.99. The van der Waals surface area contributed by atoms with Gasteiger partial charge in [-0.1, -0.05) is 23.4 Å². The molecule has 0 atom stereocenters. The van der Waals surface area contributed by atoms with Crippen molar-refractivity contribution in [3.63, 3.8) is 0 Å². The van der Waals surface area contributed by atoms with Gasteiger partial charge < -0.3 is 4.90 Å². The van der Waals surface area contributed by atoms with E-state index in [2.05, 4.69) is 21.6 Å². The number of tetrazole rings is 1. The number of hydrogen-bond donors (Lipinski definition) is 0. The van der Waals surface area contributed by atoms with Gasteiger partial charge in [0, 0.05) is 17.3 Å². The Balaban J connectivity index is 2.14. The van der Waals surface area contributed by atoms with Crippen LogP contribution in [0.5, 0.6) is 0 Å². The van der Waals surface area contributed by atoms with Gasteiger partial charge in [-0.25, -0.2) is 4.68 Å². The smallest absolute Gasteiger partial charge is 0.237 e. The summed E-state index contributed by atoms with van der Waals surface area (Å²) < 4.78 is 1.67. The molecule has 1 aromatic heterocycles. The summed E-state index contributed by atoms with van der Waals surface area (Å²) in [5.74, 6) is 0.0699. The van der Waals surface area contributed by atoms with Crippen LogP contribution in [-0.2, 0) is 4.79 Å². The van der Waals surface area contributed by atoms with E-state index < -0.39 is 0 Å². The van der Waals surface area contributed by atoms with Gasteiger partial charge in [-0.15, -0.1) is 5.10 Å².